The van der Waals surface area contributed by atoms with Crippen LogP contribution in [0.2, 0.25) is 0 Å². The van der Waals surface area contributed by atoms with Gasteiger partial charge in [-0.3, -0.25) is 4.98 Å². The van der Waals surface area contributed by atoms with Crippen molar-refractivity contribution in [3.05, 3.63) is 66.0 Å². The van der Waals surface area contributed by atoms with Crippen LogP contribution < -0.4 is 0 Å². The van der Waals surface area contributed by atoms with Crippen LogP contribution in [0.4, 0.5) is 13.2 Å². The molecule has 2 aromatic rings. The molecule has 1 fully saturated rings. The van der Waals surface area contributed by atoms with Gasteiger partial charge in [0.25, 0.3) is 10.2 Å². The van der Waals surface area contributed by atoms with Crippen molar-refractivity contribution in [2.24, 2.45) is 5.92 Å². The van der Waals surface area contributed by atoms with E-state index in [-0.39, 0.29) is 39.0 Å². The highest BCUT2D eigenvalue weighted by Gasteiger charge is 2.43. The highest BCUT2D eigenvalue weighted by molar-refractivity contribution is 7.86. The minimum absolute atomic E-state index is 0.124. The van der Waals surface area contributed by atoms with Gasteiger partial charge in [0.2, 0.25) is 0 Å². The summed E-state index contributed by atoms with van der Waals surface area (Å²) in [7, 11) is -3.89. The second-order valence-corrected chi connectivity index (χ2v) is 9.08. The summed E-state index contributed by atoms with van der Waals surface area (Å²) < 4.78 is 67.8. The average molecular weight is 427 g/mol. The number of rotatable bonds is 7. The molecule has 0 atom stereocenters. The summed E-state index contributed by atoms with van der Waals surface area (Å²) in [6, 6.07) is 13.0. The van der Waals surface area contributed by atoms with Gasteiger partial charge in [-0.05, 0) is 36.5 Å². The normalized spacial score (nSPS) is 17.0. The molecule has 5 nitrogen and oxygen atoms in total. The van der Waals surface area contributed by atoms with Gasteiger partial charge in [-0.15, -0.1) is 0 Å². The molecule has 1 aliphatic heterocycles. The lowest BCUT2D eigenvalue weighted by molar-refractivity contribution is -0.182. The third-order valence-corrected chi connectivity index (χ3v) is 7.13. The predicted molar refractivity (Wildman–Crippen MR) is 104 cm³/mol. The molecule has 0 N–H and O–H groups in total. The summed E-state index contributed by atoms with van der Waals surface area (Å²) in [5.74, 6) is -1.44. The number of hydrogen-bond donors (Lipinski definition) is 0. The minimum Gasteiger partial charge on any atom is -0.264 e. The number of benzene rings is 1. The summed E-state index contributed by atoms with van der Waals surface area (Å²) in [6.07, 6.45) is -0.975. The van der Waals surface area contributed by atoms with Gasteiger partial charge in [-0.25, -0.2) is 0 Å². The summed E-state index contributed by atoms with van der Waals surface area (Å²) in [5.41, 5.74) is 1.73. The Balaban J connectivity index is 1.74. The van der Waals surface area contributed by atoms with Gasteiger partial charge in [-0.1, -0.05) is 36.4 Å². The second kappa shape index (κ2) is 9.23. The number of nitrogens with zero attached hydrogens (tertiary/aromatic N) is 3. The molecule has 0 bridgehead atoms. The Morgan fingerprint density at radius 1 is 1.03 bits per heavy atom. The van der Waals surface area contributed by atoms with Gasteiger partial charge < -0.3 is 0 Å². The maximum Gasteiger partial charge on any atom is 0.391 e. The molecule has 0 amide bonds. The fourth-order valence-electron chi connectivity index (χ4n) is 3.45. The summed E-state index contributed by atoms with van der Waals surface area (Å²) in [6.45, 7) is 0.116. The van der Waals surface area contributed by atoms with E-state index in [1.54, 1.807) is 24.5 Å². The molecule has 158 valence electrons. The molecule has 1 saturated heterocycles. The molecule has 29 heavy (non-hydrogen) atoms. The van der Waals surface area contributed by atoms with Crippen LogP contribution in [0.5, 0.6) is 0 Å². The van der Waals surface area contributed by atoms with Crippen molar-refractivity contribution in [1.29, 1.82) is 0 Å². The van der Waals surface area contributed by atoms with Gasteiger partial charge in [0, 0.05) is 38.6 Å². The van der Waals surface area contributed by atoms with Crippen LogP contribution in [-0.4, -0.2) is 47.8 Å². The topological polar surface area (TPSA) is 53.5 Å². The lowest BCUT2D eigenvalue weighted by atomic mass is 9.98. The zero-order valence-corrected chi connectivity index (χ0v) is 16.7. The molecular weight excluding hydrogens is 403 g/mol. The smallest absolute Gasteiger partial charge is 0.264 e. The molecular formula is C20H24F3N3O2S. The molecule has 0 saturated carbocycles. The molecule has 0 unspecified atom stereocenters. The van der Waals surface area contributed by atoms with Crippen molar-refractivity contribution in [2.75, 3.05) is 19.6 Å². The van der Waals surface area contributed by atoms with Crippen molar-refractivity contribution in [3.8, 4) is 0 Å². The van der Waals surface area contributed by atoms with Crippen molar-refractivity contribution in [1.82, 2.24) is 13.6 Å². The Bertz CT molecular complexity index is 869. The molecule has 0 spiro atoms. The fraction of sp³-hybridized carbons (Fsp3) is 0.450. The summed E-state index contributed by atoms with van der Waals surface area (Å²) in [5, 5.41) is 0. The lowest BCUT2D eigenvalue weighted by Gasteiger charge is -2.35. The van der Waals surface area contributed by atoms with Crippen LogP contribution in [0, 0.1) is 5.92 Å². The maximum absolute atomic E-state index is 13.2. The molecule has 0 aliphatic carbocycles. The number of piperidine rings is 1. The number of alkyl halides is 3. The van der Waals surface area contributed by atoms with E-state index in [0.717, 1.165) is 11.1 Å². The third kappa shape index (κ3) is 5.77. The minimum atomic E-state index is -4.28. The Morgan fingerprint density at radius 2 is 1.69 bits per heavy atom. The van der Waals surface area contributed by atoms with E-state index >= 15 is 0 Å². The zero-order valence-electron chi connectivity index (χ0n) is 15.9. The first-order valence-corrected chi connectivity index (χ1v) is 10.9. The van der Waals surface area contributed by atoms with E-state index < -0.39 is 22.3 Å². The van der Waals surface area contributed by atoms with E-state index in [1.165, 1.54) is 8.61 Å². The number of aromatic nitrogens is 1. The van der Waals surface area contributed by atoms with Crippen molar-refractivity contribution in [3.63, 3.8) is 0 Å². The van der Waals surface area contributed by atoms with E-state index in [9.17, 15) is 21.6 Å². The van der Waals surface area contributed by atoms with E-state index in [1.807, 2.05) is 30.3 Å². The van der Waals surface area contributed by atoms with Crippen LogP contribution >= 0.6 is 0 Å². The Labute approximate surface area is 169 Å². The van der Waals surface area contributed by atoms with E-state index in [2.05, 4.69) is 4.98 Å². The SMILES string of the molecule is O=S(=O)(N1CCC(C(F)(F)F)CC1)N(CCc1ccccc1)Cc1cccnc1. The fourth-order valence-corrected chi connectivity index (χ4v) is 5.08. The second-order valence-electron chi connectivity index (χ2n) is 7.15. The highest BCUT2D eigenvalue weighted by Crippen LogP contribution is 2.35. The Morgan fingerprint density at radius 3 is 2.28 bits per heavy atom. The quantitative estimate of drug-likeness (QED) is 0.678. The van der Waals surface area contributed by atoms with Gasteiger partial charge in [0.1, 0.15) is 0 Å². The summed E-state index contributed by atoms with van der Waals surface area (Å²) in [4.78, 5) is 4.03. The molecule has 2 heterocycles. The number of hydrogen-bond acceptors (Lipinski definition) is 3. The summed E-state index contributed by atoms with van der Waals surface area (Å²) >= 11 is 0. The van der Waals surface area contributed by atoms with Gasteiger partial charge in [-0.2, -0.15) is 30.2 Å². The zero-order chi connectivity index (χ0) is 20.9. The molecule has 1 aliphatic rings. The lowest BCUT2D eigenvalue weighted by Crippen LogP contribution is -2.48. The van der Waals surface area contributed by atoms with Crippen LogP contribution in [0.1, 0.15) is 24.0 Å². The van der Waals surface area contributed by atoms with E-state index in [4.69, 9.17) is 0 Å². The van der Waals surface area contributed by atoms with Crippen LogP contribution in [0.15, 0.2) is 54.9 Å². The standard InChI is InChI=1S/C20H24F3N3O2S/c21-20(22,23)19-9-13-25(14-10-19)29(27,28)26(16-18-7-4-11-24-15-18)12-8-17-5-2-1-3-6-17/h1-7,11,15,19H,8-10,12-14,16H2. The molecule has 1 aromatic carbocycles. The first-order chi connectivity index (χ1) is 13.8. The van der Waals surface area contributed by atoms with Gasteiger partial charge in [0.15, 0.2) is 0 Å². The molecule has 1 aromatic heterocycles. The van der Waals surface area contributed by atoms with Crippen LogP contribution in [0.25, 0.3) is 0 Å². The number of pyridine rings is 1. The molecule has 0 radical (unpaired) electrons. The number of halogens is 3. The van der Waals surface area contributed by atoms with Crippen LogP contribution in [-0.2, 0) is 23.2 Å². The molecule has 9 heteroatoms. The highest BCUT2D eigenvalue weighted by atomic mass is 32.2. The third-order valence-electron chi connectivity index (χ3n) is 5.14. The Hall–Kier alpha value is -1.97. The average Bonchev–Trinajstić information content (AvgIpc) is 2.72. The van der Waals surface area contributed by atoms with Crippen LogP contribution in [0.3, 0.4) is 0 Å². The Kier molecular flexibility index (Phi) is 6.92. The van der Waals surface area contributed by atoms with E-state index in [0.29, 0.717) is 6.42 Å². The first kappa shape index (κ1) is 21.7. The van der Waals surface area contributed by atoms with Crippen molar-refractivity contribution in [2.45, 2.75) is 32.0 Å². The van der Waals surface area contributed by atoms with Gasteiger partial charge >= 0.3 is 6.18 Å². The van der Waals surface area contributed by atoms with Crippen molar-refractivity contribution >= 4 is 10.2 Å². The van der Waals surface area contributed by atoms with Gasteiger partial charge in [0.05, 0.1) is 5.92 Å². The predicted octanol–water partition coefficient (Wildman–Crippen LogP) is 3.65. The maximum atomic E-state index is 13.2. The molecule has 3 rings (SSSR count). The largest absolute Gasteiger partial charge is 0.391 e. The van der Waals surface area contributed by atoms with Crippen molar-refractivity contribution < 1.29 is 21.6 Å². The monoisotopic (exact) mass is 427 g/mol. The first-order valence-electron chi connectivity index (χ1n) is 9.51.